The SMILES string of the molecule is c1cn2c(n1)CN(CCCCCNC1CC1)CC2. The zero-order chi connectivity index (χ0) is 12.2. The van der Waals surface area contributed by atoms with E-state index in [1.54, 1.807) is 0 Å². The number of rotatable bonds is 7. The van der Waals surface area contributed by atoms with E-state index in [4.69, 9.17) is 0 Å². The predicted octanol–water partition coefficient (Wildman–Crippen LogP) is 1.62. The maximum absolute atomic E-state index is 4.40. The Hall–Kier alpha value is -0.870. The monoisotopic (exact) mass is 248 g/mol. The molecule has 0 unspecified atom stereocenters. The van der Waals surface area contributed by atoms with Crippen molar-refractivity contribution >= 4 is 0 Å². The molecule has 0 spiro atoms. The fraction of sp³-hybridized carbons (Fsp3) is 0.786. The van der Waals surface area contributed by atoms with Crippen molar-refractivity contribution in [3.63, 3.8) is 0 Å². The van der Waals surface area contributed by atoms with Gasteiger partial charge < -0.3 is 9.88 Å². The molecule has 1 aliphatic carbocycles. The van der Waals surface area contributed by atoms with Crippen molar-refractivity contribution in [1.82, 2.24) is 19.8 Å². The molecule has 100 valence electrons. The maximum Gasteiger partial charge on any atom is 0.122 e. The molecule has 1 aromatic rings. The number of nitrogens with zero attached hydrogens (tertiary/aromatic N) is 3. The van der Waals surface area contributed by atoms with Crippen LogP contribution in [0.25, 0.3) is 0 Å². The molecule has 18 heavy (non-hydrogen) atoms. The lowest BCUT2D eigenvalue weighted by Gasteiger charge is -2.27. The fourth-order valence-corrected chi connectivity index (χ4v) is 2.65. The highest BCUT2D eigenvalue weighted by molar-refractivity contribution is 4.95. The van der Waals surface area contributed by atoms with Gasteiger partial charge in [-0.05, 0) is 38.8 Å². The second-order valence-corrected chi connectivity index (χ2v) is 5.60. The summed E-state index contributed by atoms with van der Waals surface area (Å²) in [4.78, 5) is 6.94. The first kappa shape index (κ1) is 12.2. The Morgan fingerprint density at radius 2 is 2.17 bits per heavy atom. The van der Waals surface area contributed by atoms with E-state index in [1.165, 1.54) is 57.6 Å². The molecule has 1 N–H and O–H groups in total. The third-order valence-corrected chi connectivity index (χ3v) is 3.99. The summed E-state index contributed by atoms with van der Waals surface area (Å²) in [6, 6.07) is 0.867. The zero-order valence-corrected chi connectivity index (χ0v) is 11.1. The van der Waals surface area contributed by atoms with Gasteiger partial charge in [0.05, 0.1) is 6.54 Å². The summed E-state index contributed by atoms with van der Waals surface area (Å²) < 4.78 is 2.27. The average Bonchev–Trinajstić information content (AvgIpc) is 3.09. The van der Waals surface area contributed by atoms with Crippen molar-refractivity contribution in [2.75, 3.05) is 19.6 Å². The highest BCUT2D eigenvalue weighted by Gasteiger charge is 2.19. The minimum Gasteiger partial charge on any atom is -0.333 e. The summed E-state index contributed by atoms with van der Waals surface area (Å²) in [7, 11) is 0. The van der Waals surface area contributed by atoms with Crippen LogP contribution in [0.15, 0.2) is 12.4 Å². The molecule has 0 bridgehead atoms. The summed E-state index contributed by atoms with van der Waals surface area (Å²) in [5, 5.41) is 3.58. The molecule has 4 heteroatoms. The molecular weight excluding hydrogens is 224 g/mol. The second-order valence-electron chi connectivity index (χ2n) is 5.60. The Morgan fingerprint density at radius 3 is 3.06 bits per heavy atom. The van der Waals surface area contributed by atoms with Crippen LogP contribution in [0.5, 0.6) is 0 Å². The maximum atomic E-state index is 4.40. The number of imidazole rings is 1. The van der Waals surface area contributed by atoms with Gasteiger partial charge in [-0.25, -0.2) is 4.98 Å². The molecule has 0 saturated heterocycles. The third-order valence-electron chi connectivity index (χ3n) is 3.99. The molecule has 0 radical (unpaired) electrons. The standard InChI is InChI=1S/C14H24N4/c1(2-6-15-13-4-5-13)3-8-17-10-11-18-9-7-16-14(18)12-17/h7,9,13,15H,1-6,8,10-12H2. The lowest BCUT2D eigenvalue weighted by molar-refractivity contribution is 0.212. The summed E-state index contributed by atoms with van der Waals surface area (Å²) in [6.45, 7) is 5.78. The van der Waals surface area contributed by atoms with Crippen LogP contribution in [-0.4, -0.2) is 40.1 Å². The zero-order valence-electron chi connectivity index (χ0n) is 11.1. The number of aromatic nitrogens is 2. The molecule has 0 aromatic carbocycles. The number of nitrogens with one attached hydrogen (secondary N) is 1. The predicted molar refractivity (Wildman–Crippen MR) is 72.4 cm³/mol. The van der Waals surface area contributed by atoms with Gasteiger partial charge in [-0.3, -0.25) is 4.90 Å². The van der Waals surface area contributed by atoms with Gasteiger partial charge in [0.25, 0.3) is 0 Å². The van der Waals surface area contributed by atoms with E-state index < -0.39 is 0 Å². The van der Waals surface area contributed by atoms with E-state index in [0.29, 0.717) is 0 Å². The van der Waals surface area contributed by atoms with Crippen LogP contribution in [0.3, 0.4) is 0 Å². The molecule has 1 aliphatic heterocycles. The lowest BCUT2D eigenvalue weighted by atomic mass is 10.2. The normalized spacial score (nSPS) is 20.0. The molecular formula is C14H24N4. The Bertz CT molecular complexity index is 370. The van der Waals surface area contributed by atoms with E-state index in [9.17, 15) is 0 Å². The summed E-state index contributed by atoms with van der Waals surface area (Å²) in [6.07, 6.45) is 10.8. The first-order valence-corrected chi connectivity index (χ1v) is 7.37. The number of unbranched alkanes of at least 4 members (excludes halogenated alkanes) is 2. The van der Waals surface area contributed by atoms with E-state index in [0.717, 1.165) is 19.1 Å². The van der Waals surface area contributed by atoms with Crippen LogP contribution < -0.4 is 5.32 Å². The minimum atomic E-state index is 0.867. The fourth-order valence-electron chi connectivity index (χ4n) is 2.65. The Balaban J connectivity index is 1.27. The van der Waals surface area contributed by atoms with Gasteiger partial charge in [0.15, 0.2) is 0 Å². The van der Waals surface area contributed by atoms with Crippen LogP contribution in [0.4, 0.5) is 0 Å². The highest BCUT2D eigenvalue weighted by atomic mass is 15.2. The van der Waals surface area contributed by atoms with Crippen LogP contribution in [-0.2, 0) is 13.1 Å². The van der Waals surface area contributed by atoms with Crippen molar-refractivity contribution in [3.05, 3.63) is 18.2 Å². The van der Waals surface area contributed by atoms with Gasteiger partial charge in [0, 0.05) is 31.5 Å². The van der Waals surface area contributed by atoms with Gasteiger partial charge in [-0.15, -0.1) is 0 Å². The van der Waals surface area contributed by atoms with Gasteiger partial charge in [-0.1, -0.05) is 6.42 Å². The van der Waals surface area contributed by atoms with Crippen LogP contribution >= 0.6 is 0 Å². The number of hydrogen-bond donors (Lipinski definition) is 1. The van der Waals surface area contributed by atoms with Crippen molar-refractivity contribution in [2.45, 2.75) is 51.2 Å². The average molecular weight is 248 g/mol. The number of hydrogen-bond acceptors (Lipinski definition) is 3. The minimum absolute atomic E-state index is 0.867. The molecule has 0 atom stereocenters. The quantitative estimate of drug-likeness (QED) is 0.744. The van der Waals surface area contributed by atoms with Crippen molar-refractivity contribution in [1.29, 1.82) is 0 Å². The summed E-state index contributed by atoms with van der Waals surface area (Å²) in [5.74, 6) is 1.23. The van der Waals surface area contributed by atoms with E-state index in [2.05, 4.69) is 26.0 Å². The molecule has 0 amide bonds. The van der Waals surface area contributed by atoms with Crippen molar-refractivity contribution in [2.24, 2.45) is 0 Å². The Kier molecular flexibility index (Phi) is 3.96. The van der Waals surface area contributed by atoms with E-state index in [-0.39, 0.29) is 0 Å². The summed E-state index contributed by atoms with van der Waals surface area (Å²) in [5.41, 5.74) is 0. The molecule has 4 nitrogen and oxygen atoms in total. The summed E-state index contributed by atoms with van der Waals surface area (Å²) >= 11 is 0. The lowest BCUT2D eigenvalue weighted by Crippen LogP contribution is -2.34. The van der Waals surface area contributed by atoms with Gasteiger partial charge in [-0.2, -0.15) is 0 Å². The molecule has 1 fully saturated rings. The largest absolute Gasteiger partial charge is 0.333 e. The third kappa shape index (κ3) is 3.33. The van der Waals surface area contributed by atoms with Gasteiger partial charge >= 0.3 is 0 Å². The molecule has 1 aromatic heterocycles. The van der Waals surface area contributed by atoms with Crippen LogP contribution in [0, 0.1) is 0 Å². The van der Waals surface area contributed by atoms with Gasteiger partial charge in [0.1, 0.15) is 5.82 Å². The molecule has 3 rings (SSSR count). The Labute approximate surface area is 109 Å². The first-order valence-electron chi connectivity index (χ1n) is 7.37. The van der Waals surface area contributed by atoms with Crippen LogP contribution in [0.1, 0.15) is 37.9 Å². The number of fused-ring (bicyclic) bond motifs is 1. The van der Waals surface area contributed by atoms with Crippen molar-refractivity contribution < 1.29 is 0 Å². The molecule has 2 heterocycles. The van der Waals surface area contributed by atoms with Crippen molar-refractivity contribution in [3.8, 4) is 0 Å². The van der Waals surface area contributed by atoms with E-state index >= 15 is 0 Å². The smallest absolute Gasteiger partial charge is 0.122 e. The molecule has 1 saturated carbocycles. The second kappa shape index (κ2) is 5.85. The highest BCUT2D eigenvalue weighted by Crippen LogP contribution is 2.18. The topological polar surface area (TPSA) is 33.1 Å². The molecule has 2 aliphatic rings. The first-order chi connectivity index (χ1) is 8.92. The Morgan fingerprint density at radius 1 is 1.22 bits per heavy atom. The van der Waals surface area contributed by atoms with E-state index in [1.807, 2.05) is 6.20 Å². The van der Waals surface area contributed by atoms with Gasteiger partial charge in [0.2, 0.25) is 0 Å². The van der Waals surface area contributed by atoms with Crippen LogP contribution in [0.2, 0.25) is 0 Å².